The molecule has 1 amide bonds. The number of anilines is 1. The fourth-order valence-corrected chi connectivity index (χ4v) is 1.99. The lowest BCUT2D eigenvalue weighted by Crippen LogP contribution is -2.44. The molecule has 1 aliphatic heterocycles. The van der Waals surface area contributed by atoms with Crippen LogP contribution in [0.2, 0.25) is 5.02 Å². The van der Waals surface area contributed by atoms with Crippen LogP contribution in [0.15, 0.2) is 22.6 Å². The Bertz CT molecular complexity index is 672. The van der Waals surface area contributed by atoms with Gasteiger partial charge in [0.2, 0.25) is 11.8 Å². The van der Waals surface area contributed by atoms with Crippen molar-refractivity contribution in [2.45, 2.75) is 6.42 Å². The molecule has 0 atom stereocenters. The topological polar surface area (TPSA) is 71.3 Å². The molecule has 1 aromatic heterocycles. The molecule has 1 N–H and O–H groups in total. The molecular weight excluding hydrogens is 299 g/mol. The van der Waals surface area contributed by atoms with E-state index in [9.17, 15) is 9.18 Å². The Kier molecular flexibility index (Phi) is 3.74. The van der Waals surface area contributed by atoms with Gasteiger partial charge in [-0.2, -0.15) is 0 Å². The molecule has 6 nitrogen and oxygen atoms in total. The van der Waals surface area contributed by atoms with Crippen LogP contribution in [-0.4, -0.2) is 40.6 Å². The Hall–Kier alpha value is -2.15. The maximum Gasteiger partial charge on any atom is 0.316 e. The van der Waals surface area contributed by atoms with Crippen molar-refractivity contribution in [3.63, 3.8) is 0 Å². The van der Waals surface area contributed by atoms with E-state index >= 15 is 0 Å². The molecule has 1 fully saturated rings. The molecule has 1 aliphatic rings. The molecule has 0 bridgehead atoms. The van der Waals surface area contributed by atoms with Gasteiger partial charge >= 0.3 is 6.01 Å². The van der Waals surface area contributed by atoms with Crippen molar-refractivity contribution in [2.24, 2.45) is 0 Å². The highest BCUT2D eigenvalue weighted by Gasteiger charge is 2.20. The number of nitrogens with zero attached hydrogens (tertiary/aromatic N) is 3. The van der Waals surface area contributed by atoms with E-state index in [0.717, 1.165) is 19.5 Å². The van der Waals surface area contributed by atoms with Gasteiger partial charge in [-0.25, -0.2) is 4.39 Å². The predicted molar refractivity (Wildman–Crippen MR) is 74.4 cm³/mol. The van der Waals surface area contributed by atoms with E-state index in [-0.39, 0.29) is 29.4 Å². The van der Waals surface area contributed by atoms with Crippen LogP contribution < -0.4 is 5.32 Å². The van der Waals surface area contributed by atoms with Crippen LogP contribution in [0.25, 0.3) is 11.5 Å². The highest BCUT2D eigenvalue weighted by Crippen LogP contribution is 2.24. The SMILES string of the molecule is O=C(CNc1nnc(-c2ccc(Cl)c(F)c2)o1)N1CCC1. The van der Waals surface area contributed by atoms with Crippen LogP contribution in [0.1, 0.15) is 6.42 Å². The number of halogens is 2. The third kappa shape index (κ3) is 2.97. The molecule has 0 saturated carbocycles. The van der Waals surface area contributed by atoms with Crippen LogP contribution in [0.5, 0.6) is 0 Å². The first-order chi connectivity index (χ1) is 10.1. The highest BCUT2D eigenvalue weighted by atomic mass is 35.5. The summed E-state index contributed by atoms with van der Waals surface area (Å²) in [7, 11) is 0. The Labute approximate surface area is 124 Å². The van der Waals surface area contributed by atoms with E-state index < -0.39 is 5.82 Å². The Morgan fingerprint density at radius 2 is 2.24 bits per heavy atom. The van der Waals surface area contributed by atoms with Crippen LogP contribution in [0.3, 0.4) is 0 Å². The lowest BCUT2D eigenvalue weighted by atomic mass is 10.2. The maximum atomic E-state index is 13.4. The summed E-state index contributed by atoms with van der Waals surface area (Å²) in [4.78, 5) is 13.4. The van der Waals surface area contributed by atoms with Gasteiger partial charge in [-0.05, 0) is 24.6 Å². The number of amides is 1. The highest BCUT2D eigenvalue weighted by molar-refractivity contribution is 6.30. The van der Waals surface area contributed by atoms with Crippen molar-refractivity contribution < 1.29 is 13.6 Å². The summed E-state index contributed by atoms with van der Waals surface area (Å²) in [6, 6.07) is 4.32. The lowest BCUT2D eigenvalue weighted by molar-refractivity contribution is -0.132. The van der Waals surface area contributed by atoms with Gasteiger partial charge in [-0.1, -0.05) is 16.7 Å². The smallest absolute Gasteiger partial charge is 0.316 e. The van der Waals surface area contributed by atoms with E-state index in [1.54, 1.807) is 11.0 Å². The van der Waals surface area contributed by atoms with Gasteiger partial charge in [-0.3, -0.25) is 4.79 Å². The third-order valence-electron chi connectivity index (χ3n) is 3.19. The van der Waals surface area contributed by atoms with Crippen LogP contribution in [0, 0.1) is 5.82 Å². The average Bonchev–Trinajstić information content (AvgIpc) is 2.86. The van der Waals surface area contributed by atoms with Crippen molar-refractivity contribution in [3.05, 3.63) is 29.0 Å². The standard InChI is InChI=1S/C13H12ClFN4O2/c14-9-3-2-8(6-10(9)15)12-17-18-13(21-12)16-7-11(20)19-4-1-5-19/h2-3,6H,1,4-5,7H2,(H,16,18). The maximum absolute atomic E-state index is 13.4. The summed E-state index contributed by atoms with van der Waals surface area (Å²) in [6.45, 7) is 1.68. The summed E-state index contributed by atoms with van der Waals surface area (Å²) in [5.41, 5.74) is 0.423. The van der Waals surface area contributed by atoms with E-state index in [1.165, 1.54) is 12.1 Å². The van der Waals surface area contributed by atoms with Crippen molar-refractivity contribution in [1.29, 1.82) is 0 Å². The van der Waals surface area contributed by atoms with Crippen LogP contribution in [0.4, 0.5) is 10.4 Å². The number of carbonyl (C=O) groups excluding carboxylic acids is 1. The molecule has 8 heteroatoms. The predicted octanol–water partition coefficient (Wildman–Crippen LogP) is 2.17. The van der Waals surface area contributed by atoms with Crippen molar-refractivity contribution in [3.8, 4) is 11.5 Å². The summed E-state index contributed by atoms with van der Waals surface area (Å²) >= 11 is 5.61. The minimum atomic E-state index is -0.560. The Morgan fingerprint density at radius 1 is 1.43 bits per heavy atom. The second-order valence-electron chi connectivity index (χ2n) is 4.63. The summed E-state index contributed by atoms with van der Waals surface area (Å²) in [6.07, 6.45) is 1.04. The zero-order chi connectivity index (χ0) is 14.8. The minimum absolute atomic E-state index is 0.0152. The molecule has 0 unspecified atom stereocenters. The molecule has 110 valence electrons. The molecule has 0 radical (unpaired) electrons. The average molecular weight is 311 g/mol. The number of likely N-dealkylation sites (tertiary alicyclic amines) is 1. The number of carbonyl (C=O) groups is 1. The zero-order valence-electron chi connectivity index (χ0n) is 11.0. The third-order valence-corrected chi connectivity index (χ3v) is 3.50. The van der Waals surface area contributed by atoms with Crippen molar-refractivity contribution in [1.82, 2.24) is 15.1 Å². The normalized spacial score (nSPS) is 13.9. The molecule has 1 aromatic carbocycles. The minimum Gasteiger partial charge on any atom is -0.403 e. The van der Waals surface area contributed by atoms with Crippen molar-refractivity contribution in [2.75, 3.05) is 25.0 Å². The number of benzene rings is 1. The van der Waals surface area contributed by atoms with Crippen LogP contribution >= 0.6 is 11.6 Å². The first-order valence-corrected chi connectivity index (χ1v) is 6.82. The number of rotatable bonds is 4. The van der Waals surface area contributed by atoms with E-state index in [2.05, 4.69) is 15.5 Å². The van der Waals surface area contributed by atoms with E-state index in [1.807, 2.05) is 0 Å². The quantitative estimate of drug-likeness (QED) is 0.937. The fraction of sp³-hybridized carbons (Fsp3) is 0.308. The molecule has 0 aliphatic carbocycles. The Morgan fingerprint density at radius 3 is 2.90 bits per heavy atom. The van der Waals surface area contributed by atoms with Gasteiger partial charge in [0.1, 0.15) is 5.82 Å². The first kappa shape index (κ1) is 13.8. The number of aromatic nitrogens is 2. The van der Waals surface area contributed by atoms with E-state index in [0.29, 0.717) is 5.56 Å². The molecular formula is C13H12ClFN4O2. The van der Waals surface area contributed by atoms with Gasteiger partial charge in [0.05, 0.1) is 11.6 Å². The fourth-order valence-electron chi connectivity index (χ4n) is 1.87. The largest absolute Gasteiger partial charge is 0.403 e. The molecule has 2 heterocycles. The van der Waals surface area contributed by atoms with Gasteiger partial charge < -0.3 is 14.6 Å². The monoisotopic (exact) mass is 310 g/mol. The molecule has 2 aromatic rings. The van der Waals surface area contributed by atoms with Gasteiger partial charge in [0.15, 0.2) is 0 Å². The van der Waals surface area contributed by atoms with E-state index in [4.69, 9.17) is 16.0 Å². The summed E-state index contributed by atoms with van der Waals surface area (Å²) in [5, 5.41) is 10.3. The molecule has 0 spiro atoms. The summed E-state index contributed by atoms with van der Waals surface area (Å²) in [5.74, 6) is -0.419. The first-order valence-electron chi connectivity index (χ1n) is 6.44. The van der Waals surface area contributed by atoms with Gasteiger partial charge in [0.25, 0.3) is 0 Å². The number of hydrogen-bond donors (Lipinski definition) is 1. The van der Waals surface area contributed by atoms with Crippen molar-refractivity contribution >= 4 is 23.5 Å². The van der Waals surface area contributed by atoms with Gasteiger partial charge in [0, 0.05) is 18.7 Å². The zero-order valence-corrected chi connectivity index (χ0v) is 11.7. The summed E-state index contributed by atoms with van der Waals surface area (Å²) < 4.78 is 18.7. The van der Waals surface area contributed by atoms with Gasteiger partial charge in [-0.15, -0.1) is 5.10 Å². The second-order valence-corrected chi connectivity index (χ2v) is 5.04. The lowest BCUT2D eigenvalue weighted by Gasteiger charge is -2.30. The van der Waals surface area contributed by atoms with Crippen LogP contribution in [-0.2, 0) is 4.79 Å². The Balaban J connectivity index is 1.65. The second kappa shape index (κ2) is 5.69. The number of hydrogen-bond acceptors (Lipinski definition) is 5. The molecule has 21 heavy (non-hydrogen) atoms. The molecule has 1 saturated heterocycles. The number of nitrogens with one attached hydrogen (secondary N) is 1. The molecule has 3 rings (SSSR count).